The number of aromatic nitrogens is 1. The zero-order valence-electron chi connectivity index (χ0n) is 14.4. The number of piperidine rings is 2. The molecule has 0 unspecified atom stereocenters. The van der Waals surface area contributed by atoms with Crippen molar-refractivity contribution in [2.24, 2.45) is 5.92 Å². The minimum atomic E-state index is -2.60. The van der Waals surface area contributed by atoms with E-state index in [-0.39, 0.29) is 37.8 Å². The van der Waals surface area contributed by atoms with Gasteiger partial charge in [-0.05, 0) is 38.8 Å². The molecule has 0 atom stereocenters. The average Bonchev–Trinajstić information content (AvgIpc) is 3.35. The maximum absolute atomic E-state index is 13.2. The van der Waals surface area contributed by atoms with Crippen LogP contribution in [0.1, 0.15) is 55.9 Å². The summed E-state index contributed by atoms with van der Waals surface area (Å²) in [5.74, 6) is -0.991. The molecule has 0 bridgehead atoms. The third-order valence-electron chi connectivity index (χ3n) is 5.69. The van der Waals surface area contributed by atoms with Crippen molar-refractivity contribution in [1.29, 1.82) is 0 Å². The molecule has 3 heterocycles. The van der Waals surface area contributed by atoms with Crippen LogP contribution in [0.25, 0.3) is 0 Å². The third kappa shape index (κ3) is 4.02. The van der Waals surface area contributed by atoms with Crippen LogP contribution in [-0.4, -0.2) is 53.0 Å². The number of hydrogen-bond donors (Lipinski definition) is 0. The number of carbonyl (C=O) groups is 1. The zero-order chi connectivity index (χ0) is 17.4. The first kappa shape index (κ1) is 16.9. The maximum Gasteiger partial charge on any atom is 0.251 e. The Balaban J connectivity index is 1.24. The van der Waals surface area contributed by atoms with Crippen LogP contribution in [0, 0.1) is 5.92 Å². The molecule has 2 aliphatic heterocycles. The fourth-order valence-electron chi connectivity index (χ4n) is 3.84. The topological polar surface area (TPSA) is 49.6 Å². The minimum Gasteiger partial charge on any atom is -0.361 e. The molecule has 1 aromatic rings. The number of alkyl halides is 2. The van der Waals surface area contributed by atoms with E-state index in [9.17, 15) is 13.6 Å². The first-order valence-electron chi connectivity index (χ1n) is 9.35. The Hall–Kier alpha value is -1.50. The summed E-state index contributed by atoms with van der Waals surface area (Å²) in [6.45, 7) is 2.81. The van der Waals surface area contributed by atoms with Crippen LogP contribution >= 0.6 is 0 Å². The Bertz CT molecular complexity index is 612. The van der Waals surface area contributed by atoms with Gasteiger partial charge in [-0.3, -0.25) is 9.69 Å². The van der Waals surface area contributed by atoms with Crippen LogP contribution in [0.5, 0.6) is 0 Å². The van der Waals surface area contributed by atoms with Gasteiger partial charge in [0.15, 0.2) is 0 Å². The molecule has 1 aliphatic carbocycles. The minimum absolute atomic E-state index is 0.0256. The van der Waals surface area contributed by atoms with Crippen molar-refractivity contribution in [3.63, 3.8) is 0 Å². The van der Waals surface area contributed by atoms with E-state index >= 15 is 0 Å². The molecule has 2 saturated heterocycles. The second kappa shape index (κ2) is 6.67. The van der Waals surface area contributed by atoms with Gasteiger partial charge in [-0.25, -0.2) is 8.78 Å². The van der Waals surface area contributed by atoms with Crippen molar-refractivity contribution in [1.82, 2.24) is 15.0 Å². The summed E-state index contributed by atoms with van der Waals surface area (Å²) in [6, 6.07) is 2.06. The van der Waals surface area contributed by atoms with Crippen LogP contribution in [0.15, 0.2) is 10.6 Å². The lowest BCUT2D eigenvalue weighted by Gasteiger charge is -2.37. The van der Waals surface area contributed by atoms with Gasteiger partial charge in [-0.2, -0.15) is 0 Å². The summed E-state index contributed by atoms with van der Waals surface area (Å²) in [5.41, 5.74) is 0.963. The van der Waals surface area contributed by atoms with Gasteiger partial charge in [-0.15, -0.1) is 0 Å². The normalized spacial score (nSPS) is 25.3. The summed E-state index contributed by atoms with van der Waals surface area (Å²) in [4.78, 5) is 16.5. The van der Waals surface area contributed by atoms with E-state index in [2.05, 4.69) is 16.1 Å². The molecule has 0 N–H and O–H groups in total. The number of carbonyl (C=O) groups excluding carboxylic acids is 1. The van der Waals surface area contributed by atoms with Gasteiger partial charge in [0, 0.05) is 50.4 Å². The van der Waals surface area contributed by atoms with E-state index in [0.717, 1.165) is 43.9 Å². The highest BCUT2D eigenvalue weighted by atomic mass is 19.3. The van der Waals surface area contributed by atoms with Crippen molar-refractivity contribution < 1.29 is 18.1 Å². The fourth-order valence-corrected chi connectivity index (χ4v) is 3.84. The van der Waals surface area contributed by atoms with Crippen LogP contribution in [-0.2, 0) is 11.3 Å². The average molecular weight is 353 g/mol. The Morgan fingerprint density at radius 2 is 1.84 bits per heavy atom. The van der Waals surface area contributed by atoms with Gasteiger partial charge in [-0.1, -0.05) is 5.16 Å². The molecule has 1 saturated carbocycles. The van der Waals surface area contributed by atoms with Gasteiger partial charge >= 0.3 is 0 Å². The molecular formula is C18H25F2N3O2. The summed E-state index contributed by atoms with van der Waals surface area (Å²) in [6.07, 6.45) is 3.58. The number of nitrogens with zero attached hydrogens (tertiary/aromatic N) is 3. The Morgan fingerprint density at radius 3 is 2.48 bits per heavy atom. The predicted octanol–water partition coefficient (Wildman–Crippen LogP) is 3.02. The van der Waals surface area contributed by atoms with Crippen LogP contribution in [0.4, 0.5) is 8.78 Å². The standard InChI is InChI=1S/C18H25F2N3O2/c19-18(20)5-9-23(10-6-18)17(24)14-3-7-22(8-4-14)12-15-11-16(25-21-15)13-1-2-13/h11,13-14H,1-10,12H2. The van der Waals surface area contributed by atoms with Gasteiger partial charge < -0.3 is 9.42 Å². The first-order chi connectivity index (χ1) is 12.0. The Morgan fingerprint density at radius 1 is 1.16 bits per heavy atom. The van der Waals surface area contributed by atoms with Crippen molar-refractivity contribution in [3.05, 3.63) is 17.5 Å². The largest absolute Gasteiger partial charge is 0.361 e. The van der Waals surface area contributed by atoms with E-state index in [4.69, 9.17) is 4.52 Å². The quantitative estimate of drug-likeness (QED) is 0.835. The van der Waals surface area contributed by atoms with Crippen molar-refractivity contribution >= 4 is 5.91 Å². The highest BCUT2D eigenvalue weighted by Crippen LogP contribution is 2.40. The molecule has 3 fully saturated rings. The van der Waals surface area contributed by atoms with Crippen LogP contribution in [0.2, 0.25) is 0 Å². The molecule has 1 amide bonds. The molecule has 0 spiro atoms. The van der Waals surface area contributed by atoms with Gasteiger partial charge in [0.2, 0.25) is 5.91 Å². The Labute approximate surface area is 146 Å². The molecule has 25 heavy (non-hydrogen) atoms. The molecule has 1 aromatic heterocycles. The lowest BCUT2D eigenvalue weighted by atomic mass is 9.94. The number of halogens is 2. The lowest BCUT2D eigenvalue weighted by molar-refractivity contribution is -0.143. The smallest absolute Gasteiger partial charge is 0.251 e. The van der Waals surface area contributed by atoms with E-state index < -0.39 is 5.92 Å². The molecule has 4 rings (SSSR count). The zero-order valence-corrected chi connectivity index (χ0v) is 14.4. The summed E-state index contributed by atoms with van der Waals surface area (Å²) < 4.78 is 31.9. The fraction of sp³-hybridized carbons (Fsp3) is 0.778. The summed E-state index contributed by atoms with van der Waals surface area (Å²) in [5, 5.41) is 4.15. The van der Waals surface area contributed by atoms with Crippen molar-refractivity contribution in [2.75, 3.05) is 26.2 Å². The summed E-state index contributed by atoms with van der Waals surface area (Å²) in [7, 11) is 0. The Kier molecular flexibility index (Phi) is 4.52. The third-order valence-corrected chi connectivity index (χ3v) is 5.69. The lowest BCUT2D eigenvalue weighted by Crippen LogP contribution is -2.47. The monoisotopic (exact) mass is 353 g/mol. The SMILES string of the molecule is O=C(C1CCN(Cc2cc(C3CC3)on2)CC1)N1CCC(F)(F)CC1. The number of amides is 1. The van der Waals surface area contributed by atoms with E-state index in [0.29, 0.717) is 5.92 Å². The van der Waals surface area contributed by atoms with Gasteiger partial charge in [0.05, 0.1) is 5.69 Å². The molecule has 0 radical (unpaired) electrons. The second-order valence-corrected chi connectivity index (χ2v) is 7.73. The number of likely N-dealkylation sites (tertiary alicyclic amines) is 2. The van der Waals surface area contributed by atoms with E-state index in [1.807, 2.05) is 0 Å². The van der Waals surface area contributed by atoms with Crippen molar-refractivity contribution in [3.8, 4) is 0 Å². The predicted molar refractivity (Wildman–Crippen MR) is 87.2 cm³/mol. The number of hydrogen-bond acceptors (Lipinski definition) is 4. The number of rotatable bonds is 4. The maximum atomic E-state index is 13.2. The van der Waals surface area contributed by atoms with E-state index in [1.165, 1.54) is 12.8 Å². The van der Waals surface area contributed by atoms with Crippen LogP contribution in [0.3, 0.4) is 0 Å². The first-order valence-corrected chi connectivity index (χ1v) is 9.35. The van der Waals surface area contributed by atoms with Gasteiger partial charge in [0.25, 0.3) is 5.92 Å². The summed E-state index contributed by atoms with van der Waals surface area (Å²) >= 11 is 0. The highest BCUT2D eigenvalue weighted by Gasteiger charge is 2.38. The molecule has 7 heteroatoms. The molecule has 0 aromatic carbocycles. The van der Waals surface area contributed by atoms with E-state index in [1.54, 1.807) is 4.90 Å². The van der Waals surface area contributed by atoms with Crippen LogP contribution < -0.4 is 0 Å². The molecule has 5 nitrogen and oxygen atoms in total. The molecule has 3 aliphatic rings. The molecule has 138 valence electrons. The second-order valence-electron chi connectivity index (χ2n) is 7.73. The molecular weight excluding hydrogens is 328 g/mol. The van der Waals surface area contributed by atoms with Crippen molar-refractivity contribution in [2.45, 2.75) is 56.9 Å². The highest BCUT2D eigenvalue weighted by molar-refractivity contribution is 5.79. The van der Waals surface area contributed by atoms with Gasteiger partial charge in [0.1, 0.15) is 5.76 Å².